The molecule has 5 heteroatoms. The zero-order valence-corrected chi connectivity index (χ0v) is 14.1. The van der Waals surface area contributed by atoms with Crippen LogP contribution in [0.5, 0.6) is 0 Å². The molecule has 0 aliphatic rings. The molecule has 23 heavy (non-hydrogen) atoms. The lowest BCUT2D eigenvalue weighted by Crippen LogP contribution is -2.11. The van der Waals surface area contributed by atoms with Crippen LogP contribution in [0, 0.1) is 0 Å². The van der Waals surface area contributed by atoms with E-state index in [0.29, 0.717) is 5.56 Å². The lowest BCUT2D eigenvalue weighted by molar-refractivity contribution is 0.102. The summed E-state index contributed by atoms with van der Waals surface area (Å²) in [6, 6.07) is 11.7. The number of fused-ring (bicyclic) bond motifs is 1. The van der Waals surface area contributed by atoms with Gasteiger partial charge in [0.15, 0.2) is 0 Å². The summed E-state index contributed by atoms with van der Waals surface area (Å²) in [6.07, 6.45) is 6.68. The summed E-state index contributed by atoms with van der Waals surface area (Å²) >= 11 is 1.65. The fourth-order valence-electron chi connectivity index (χ4n) is 2.61. The molecule has 0 radical (unpaired) electrons. The molecule has 0 spiro atoms. The van der Waals surface area contributed by atoms with Crippen LogP contribution in [0.1, 0.15) is 23.7 Å². The first-order valence-corrected chi connectivity index (χ1v) is 8.84. The molecular weight excluding hydrogens is 306 g/mol. The largest absolute Gasteiger partial charge is 0.332 e. The number of anilines is 1. The lowest BCUT2D eigenvalue weighted by atomic mass is 10.2. The number of carbonyl (C=O) groups excluding carboxylic acids is 1. The molecule has 0 aliphatic carbocycles. The molecule has 0 fully saturated rings. The maximum absolute atomic E-state index is 12.7. The summed E-state index contributed by atoms with van der Waals surface area (Å²) in [5.74, 6) is -0.101. The van der Waals surface area contributed by atoms with E-state index in [1.165, 1.54) is 0 Å². The van der Waals surface area contributed by atoms with Crippen molar-refractivity contribution in [3.05, 3.63) is 54.4 Å². The van der Waals surface area contributed by atoms with Crippen molar-refractivity contribution >= 4 is 34.4 Å². The average molecular weight is 325 g/mol. The Morgan fingerprint density at radius 3 is 2.96 bits per heavy atom. The Labute approximate surface area is 139 Å². The quantitative estimate of drug-likeness (QED) is 0.706. The Morgan fingerprint density at radius 1 is 1.30 bits per heavy atom. The number of aromatic nitrogens is 2. The molecule has 0 bridgehead atoms. The zero-order valence-electron chi connectivity index (χ0n) is 13.2. The summed E-state index contributed by atoms with van der Waals surface area (Å²) in [5, 5.41) is 3.88. The molecule has 0 saturated heterocycles. The van der Waals surface area contributed by atoms with E-state index in [1.54, 1.807) is 18.0 Å². The molecule has 2 heterocycles. The molecule has 1 N–H and O–H groups in total. The highest BCUT2D eigenvalue weighted by molar-refractivity contribution is 7.98. The maximum Gasteiger partial charge on any atom is 0.257 e. The SMILES string of the molecule is CCCn1cc(C(=O)Nc2cccc(SC)c2)c2cccnc21. The summed E-state index contributed by atoms with van der Waals surface area (Å²) < 4.78 is 2.04. The van der Waals surface area contributed by atoms with Gasteiger partial charge in [0, 0.05) is 34.9 Å². The van der Waals surface area contributed by atoms with Crippen LogP contribution in [0.15, 0.2) is 53.7 Å². The van der Waals surface area contributed by atoms with Crippen molar-refractivity contribution in [3.8, 4) is 0 Å². The van der Waals surface area contributed by atoms with Crippen molar-refractivity contribution in [2.75, 3.05) is 11.6 Å². The number of carbonyl (C=O) groups is 1. The van der Waals surface area contributed by atoms with Crippen molar-refractivity contribution in [1.29, 1.82) is 0 Å². The highest BCUT2D eigenvalue weighted by atomic mass is 32.2. The molecule has 1 aromatic carbocycles. The number of amides is 1. The highest BCUT2D eigenvalue weighted by Crippen LogP contribution is 2.23. The van der Waals surface area contributed by atoms with E-state index in [1.807, 2.05) is 53.4 Å². The first kappa shape index (κ1) is 15.6. The third-order valence-electron chi connectivity index (χ3n) is 3.67. The van der Waals surface area contributed by atoms with Crippen molar-refractivity contribution in [1.82, 2.24) is 9.55 Å². The number of nitrogens with zero attached hydrogens (tertiary/aromatic N) is 2. The molecule has 0 atom stereocenters. The van der Waals surface area contributed by atoms with Gasteiger partial charge in [0.2, 0.25) is 0 Å². The van der Waals surface area contributed by atoms with Gasteiger partial charge in [-0.25, -0.2) is 4.98 Å². The minimum absolute atomic E-state index is 0.101. The molecule has 3 rings (SSSR count). The third kappa shape index (κ3) is 3.24. The van der Waals surface area contributed by atoms with Gasteiger partial charge in [-0.2, -0.15) is 0 Å². The van der Waals surface area contributed by atoms with Gasteiger partial charge in [-0.3, -0.25) is 4.79 Å². The topological polar surface area (TPSA) is 46.9 Å². The molecule has 3 aromatic rings. The number of pyridine rings is 1. The summed E-state index contributed by atoms with van der Waals surface area (Å²) in [6.45, 7) is 2.96. The van der Waals surface area contributed by atoms with E-state index in [0.717, 1.165) is 34.6 Å². The molecule has 2 aromatic heterocycles. The maximum atomic E-state index is 12.7. The number of thioether (sulfide) groups is 1. The van der Waals surface area contributed by atoms with Crippen LogP contribution in [-0.2, 0) is 6.54 Å². The number of aryl methyl sites for hydroxylation is 1. The molecular formula is C18H19N3OS. The second-order valence-electron chi connectivity index (χ2n) is 5.30. The smallest absolute Gasteiger partial charge is 0.257 e. The van der Waals surface area contributed by atoms with Crippen LogP contribution in [0.25, 0.3) is 11.0 Å². The van der Waals surface area contributed by atoms with Crippen LogP contribution in [-0.4, -0.2) is 21.7 Å². The average Bonchev–Trinajstić information content (AvgIpc) is 2.94. The minimum atomic E-state index is -0.101. The monoisotopic (exact) mass is 325 g/mol. The van der Waals surface area contributed by atoms with Crippen molar-refractivity contribution < 1.29 is 4.79 Å². The normalized spacial score (nSPS) is 10.9. The molecule has 1 amide bonds. The van der Waals surface area contributed by atoms with Crippen LogP contribution in [0.4, 0.5) is 5.69 Å². The minimum Gasteiger partial charge on any atom is -0.332 e. The predicted octanol–water partition coefficient (Wildman–Crippen LogP) is 4.42. The van der Waals surface area contributed by atoms with Gasteiger partial charge in [-0.1, -0.05) is 13.0 Å². The lowest BCUT2D eigenvalue weighted by Gasteiger charge is -2.05. The Hall–Kier alpha value is -2.27. The third-order valence-corrected chi connectivity index (χ3v) is 4.40. The van der Waals surface area contributed by atoms with E-state index in [2.05, 4.69) is 17.2 Å². The number of rotatable bonds is 5. The molecule has 4 nitrogen and oxygen atoms in total. The number of hydrogen-bond acceptors (Lipinski definition) is 3. The van der Waals surface area contributed by atoms with Crippen molar-refractivity contribution in [3.63, 3.8) is 0 Å². The Morgan fingerprint density at radius 2 is 2.17 bits per heavy atom. The van der Waals surface area contributed by atoms with Crippen LogP contribution < -0.4 is 5.32 Å². The van der Waals surface area contributed by atoms with Crippen molar-refractivity contribution in [2.45, 2.75) is 24.8 Å². The van der Waals surface area contributed by atoms with Gasteiger partial charge >= 0.3 is 0 Å². The Bertz CT molecular complexity index is 841. The van der Waals surface area contributed by atoms with Gasteiger partial charge in [-0.05, 0) is 43.0 Å². The van der Waals surface area contributed by atoms with E-state index < -0.39 is 0 Å². The highest BCUT2D eigenvalue weighted by Gasteiger charge is 2.15. The van der Waals surface area contributed by atoms with E-state index >= 15 is 0 Å². The molecule has 0 aliphatic heterocycles. The van der Waals surface area contributed by atoms with Crippen molar-refractivity contribution in [2.24, 2.45) is 0 Å². The fourth-order valence-corrected chi connectivity index (χ4v) is 3.07. The number of hydrogen-bond donors (Lipinski definition) is 1. The summed E-state index contributed by atoms with van der Waals surface area (Å²) in [5.41, 5.74) is 2.33. The van der Waals surface area contributed by atoms with Gasteiger partial charge in [0.25, 0.3) is 5.91 Å². The van der Waals surface area contributed by atoms with E-state index in [4.69, 9.17) is 0 Å². The number of nitrogens with one attached hydrogen (secondary N) is 1. The van der Waals surface area contributed by atoms with E-state index in [9.17, 15) is 4.79 Å². The molecule has 118 valence electrons. The van der Waals surface area contributed by atoms with Gasteiger partial charge < -0.3 is 9.88 Å². The first-order valence-electron chi connectivity index (χ1n) is 7.62. The zero-order chi connectivity index (χ0) is 16.2. The van der Waals surface area contributed by atoms with Crippen LogP contribution >= 0.6 is 11.8 Å². The number of benzene rings is 1. The molecule has 0 saturated carbocycles. The van der Waals surface area contributed by atoms with Crippen LogP contribution in [0.3, 0.4) is 0 Å². The second kappa shape index (κ2) is 6.87. The van der Waals surface area contributed by atoms with E-state index in [-0.39, 0.29) is 5.91 Å². The second-order valence-corrected chi connectivity index (χ2v) is 6.18. The summed E-state index contributed by atoms with van der Waals surface area (Å²) in [4.78, 5) is 18.2. The standard InChI is InChI=1S/C18H19N3OS/c1-3-10-21-12-16(15-8-5-9-19-17(15)21)18(22)20-13-6-4-7-14(11-13)23-2/h4-9,11-12H,3,10H2,1-2H3,(H,20,22). The molecule has 0 unspecified atom stereocenters. The van der Waals surface area contributed by atoms with Gasteiger partial charge in [0.05, 0.1) is 5.56 Å². The predicted molar refractivity (Wildman–Crippen MR) is 96.2 cm³/mol. The Kier molecular flexibility index (Phi) is 4.67. The van der Waals surface area contributed by atoms with Gasteiger partial charge in [-0.15, -0.1) is 11.8 Å². The Balaban J connectivity index is 1.94. The first-order chi connectivity index (χ1) is 11.2. The van der Waals surface area contributed by atoms with Crippen LogP contribution in [0.2, 0.25) is 0 Å². The fraction of sp³-hybridized carbons (Fsp3) is 0.222. The summed E-state index contributed by atoms with van der Waals surface area (Å²) in [7, 11) is 0. The van der Waals surface area contributed by atoms with Gasteiger partial charge in [0.1, 0.15) is 5.65 Å².